The fraction of sp³-hybridized carbons (Fsp3) is 0.412. The van der Waals surface area contributed by atoms with Gasteiger partial charge in [-0.25, -0.2) is 0 Å². The summed E-state index contributed by atoms with van der Waals surface area (Å²) in [6, 6.07) is 5.32. The van der Waals surface area contributed by atoms with E-state index in [9.17, 15) is 4.79 Å². The summed E-state index contributed by atoms with van der Waals surface area (Å²) in [6.07, 6.45) is 1.71. The first kappa shape index (κ1) is 20.7. The number of amides is 1. The van der Waals surface area contributed by atoms with Gasteiger partial charge in [-0.3, -0.25) is 10.1 Å². The number of carbonyl (C=O) groups is 1. The van der Waals surface area contributed by atoms with Gasteiger partial charge in [-0.2, -0.15) is 0 Å². The highest BCUT2D eigenvalue weighted by molar-refractivity contribution is 9.10. The summed E-state index contributed by atoms with van der Waals surface area (Å²) in [5.74, 6) is 0.710. The van der Waals surface area contributed by atoms with E-state index in [1.165, 1.54) is 11.3 Å². The molecule has 140 valence electrons. The molecule has 2 rings (SSSR count). The lowest BCUT2D eigenvalue weighted by atomic mass is 10.1. The summed E-state index contributed by atoms with van der Waals surface area (Å²) >= 11 is 9.98. The Kier molecular flexibility index (Phi) is 7.92. The Labute approximate surface area is 170 Å². The van der Waals surface area contributed by atoms with Crippen molar-refractivity contribution in [2.45, 2.75) is 33.6 Å². The molecule has 6 nitrogen and oxygen atoms in total. The van der Waals surface area contributed by atoms with Crippen LogP contribution in [0, 0.1) is 5.92 Å². The lowest BCUT2D eigenvalue weighted by molar-refractivity contribution is 0.0973. The molecule has 0 unspecified atom stereocenters. The Balaban J connectivity index is 2.02. The maximum absolute atomic E-state index is 12.6. The van der Waals surface area contributed by atoms with Gasteiger partial charge in [-0.05, 0) is 49.2 Å². The summed E-state index contributed by atoms with van der Waals surface area (Å²) in [7, 11) is 0. The molecule has 0 fully saturated rings. The summed E-state index contributed by atoms with van der Waals surface area (Å²) in [4.78, 5) is 12.6. The summed E-state index contributed by atoms with van der Waals surface area (Å²) in [5, 5.41) is 15.1. The van der Waals surface area contributed by atoms with E-state index < -0.39 is 0 Å². The van der Waals surface area contributed by atoms with Gasteiger partial charge in [-0.15, -0.1) is 10.2 Å². The Hall–Kier alpha value is -1.58. The standard InChI is InChI=1S/C17H21BrN4O2S2/c1-4-14-21-22-17(26-14)20-16(25)19-15(23)12-9-11(18)5-6-13(12)24-8-7-10(2)3/h5-6,9-10H,4,7-8H2,1-3H3,(H2,19,20,22,23,25). The number of carbonyl (C=O) groups excluding carboxylic acids is 1. The quantitative estimate of drug-likeness (QED) is 0.600. The third-order valence-electron chi connectivity index (χ3n) is 3.36. The molecule has 1 aromatic heterocycles. The lowest BCUT2D eigenvalue weighted by Gasteiger charge is -2.13. The number of nitrogens with one attached hydrogen (secondary N) is 2. The van der Waals surface area contributed by atoms with Crippen LogP contribution in [0.5, 0.6) is 5.75 Å². The highest BCUT2D eigenvalue weighted by Gasteiger charge is 2.16. The largest absolute Gasteiger partial charge is 0.493 e. The van der Waals surface area contributed by atoms with E-state index >= 15 is 0 Å². The zero-order chi connectivity index (χ0) is 19.1. The number of benzene rings is 1. The number of hydrogen-bond acceptors (Lipinski definition) is 6. The summed E-state index contributed by atoms with van der Waals surface area (Å²) < 4.78 is 6.56. The van der Waals surface area contributed by atoms with Crippen molar-refractivity contribution in [3.05, 3.63) is 33.2 Å². The molecule has 0 aliphatic carbocycles. The molecule has 1 heterocycles. The number of hydrogen-bond donors (Lipinski definition) is 2. The Morgan fingerprint density at radius 1 is 1.38 bits per heavy atom. The average molecular weight is 457 g/mol. The monoisotopic (exact) mass is 456 g/mol. The zero-order valence-electron chi connectivity index (χ0n) is 14.8. The fourth-order valence-electron chi connectivity index (χ4n) is 1.96. The second-order valence-electron chi connectivity index (χ2n) is 5.93. The second-order valence-corrected chi connectivity index (χ2v) is 8.32. The second kappa shape index (κ2) is 9.94. The Morgan fingerprint density at radius 3 is 2.81 bits per heavy atom. The van der Waals surface area contributed by atoms with E-state index in [4.69, 9.17) is 17.0 Å². The van der Waals surface area contributed by atoms with Gasteiger partial charge < -0.3 is 10.1 Å². The molecule has 0 atom stereocenters. The first-order valence-electron chi connectivity index (χ1n) is 8.26. The van der Waals surface area contributed by atoms with Crippen LogP contribution in [-0.4, -0.2) is 27.8 Å². The maximum Gasteiger partial charge on any atom is 0.261 e. The lowest BCUT2D eigenvalue weighted by Crippen LogP contribution is -2.34. The maximum atomic E-state index is 12.6. The molecule has 2 N–H and O–H groups in total. The number of aryl methyl sites for hydroxylation is 1. The van der Waals surface area contributed by atoms with Crippen molar-refractivity contribution in [3.63, 3.8) is 0 Å². The van der Waals surface area contributed by atoms with Crippen molar-refractivity contribution in [1.29, 1.82) is 0 Å². The number of halogens is 1. The fourth-order valence-corrected chi connectivity index (χ4v) is 3.25. The van der Waals surface area contributed by atoms with Crippen LogP contribution in [0.3, 0.4) is 0 Å². The minimum absolute atomic E-state index is 0.168. The van der Waals surface area contributed by atoms with Crippen molar-refractivity contribution in [2.75, 3.05) is 11.9 Å². The molecule has 2 aromatic rings. The first-order chi connectivity index (χ1) is 12.4. The SMILES string of the molecule is CCc1nnc(NC(=S)NC(=O)c2cc(Br)ccc2OCCC(C)C)s1. The molecular formula is C17H21BrN4O2S2. The number of nitrogens with zero attached hydrogens (tertiary/aromatic N) is 2. The van der Waals surface area contributed by atoms with E-state index in [1.807, 2.05) is 13.0 Å². The van der Waals surface area contributed by atoms with Crippen LogP contribution in [0.25, 0.3) is 0 Å². The zero-order valence-corrected chi connectivity index (χ0v) is 18.1. The van der Waals surface area contributed by atoms with Crippen LogP contribution in [0.4, 0.5) is 5.13 Å². The molecule has 0 radical (unpaired) electrons. The van der Waals surface area contributed by atoms with Crippen LogP contribution in [0.1, 0.15) is 42.6 Å². The third-order valence-corrected chi connectivity index (χ3v) is 5.04. The number of rotatable bonds is 7. The highest BCUT2D eigenvalue weighted by atomic mass is 79.9. The first-order valence-corrected chi connectivity index (χ1v) is 10.3. The molecule has 0 saturated carbocycles. The highest BCUT2D eigenvalue weighted by Crippen LogP contribution is 2.24. The molecule has 0 aliphatic heterocycles. The third kappa shape index (κ3) is 6.30. The van der Waals surface area contributed by atoms with E-state index in [0.29, 0.717) is 29.0 Å². The molecule has 1 amide bonds. The number of ether oxygens (including phenoxy) is 1. The van der Waals surface area contributed by atoms with E-state index in [2.05, 4.69) is 50.6 Å². The topological polar surface area (TPSA) is 76.1 Å². The minimum atomic E-state index is -0.344. The van der Waals surface area contributed by atoms with Gasteiger partial charge in [-0.1, -0.05) is 48.0 Å². The average Bonchev–Trinajstić information content (AvgIpc) is 3.03. The van der Waals surface area contributed by atoms with Crippen molar-refractivity contribution in [2.24, 2.45) is 5.92 Å². The molecule has 0 saturated heterocycles. The Bertz CT molecular complexity index is 780. The van der Waals surface area contributed by atoms with Gasteiger partial charge in [0.05, 0.1) is 12.2 Å². The van der Waals surface area contributed by atoms with Gasteiger partial charge >= 0.3 is 0 Å². The number of aromatic nitrogens is 2. The van der Waals surface area contributed by atoms with Gasteiger partial charge in [0.1, 0.15) is 10.8 Å². The van der Waals surface area contributed by atoms with Crippen LogP contribution < -0.4 is 15.4 Å². The predicted octanol–water partition coefficient (Wildman–Crippen LogP) is 4.41. The van der Waals surface area contributed by atoms with Crippen LogP contribution >= 0.6 is 39.5 Å². The molecular weight excluding hydrogens is 436 g/mol. The smallest absolute Gasteiger partial charge is 0.261 e. The van der Waals surface area contributed by atoms with Crippen molar-refractivity contribution < 1.29 is 9.53 Å². The summed E-state index contributed by atoms with van der Waals surface area (Å²) in [6.45, 7) is 6.80. The molecule has 9 heteroatoms. The normalized spacial score (nSPS) is 10.7. The molecule has 0 aliphatic rings. The van der Waals surface area contributed by atoms with Gasteiger partial charge in [0.25, 0.3) is 5.91 Å². The van der Waals surface area contributed by atoms with Crippen molar-refractivity contribution in [3.8, 4) is 5.75 Å². The molecule has 1 aromatic carbocycles. The molecule has 0 bridgehead atoms. The van der Waals surface area contributed by atoms with Crippen LogP contribution in [0.2, 0.25) is 0 Å². The van der Waals surface area contributed by atoms with Gasteiger partial charge in [0.2, 0.25) is 5.13 Å². The molecule has 0 spiro atoms. The number of thiocarbonyl (C=S) groups is 1. The summed E-state index contributed by atoms with van der Waals surface area (Å²) in [5.41, 5.74) is 0.416. The minimum Gasteiger partial charge on any atom is -0.493 e. The van der Waals surface area contributed by atoms with E-state index in [1.54, 1.807) is 12.1 Å². The predicted molar refractivity (Wildman–Crippen MR) is 112 cm³/mol. The number of anilines is 1. The van der Waals surface area contributed by atoms with Crippen molar-refractivity contribution in [1.82, 2.24) is 15.5 Å². The van der Waals surface area contributed by atoms with Gasteiger partial charge in [0.15, 0.2) is 5.11 Å². The molecule has 26 heavy (non-hydrogen) atoms. The van der Waals surface area contributed by atoms with Gasteiger partial charge in [0, 0.05) is 4.47 Å². The van der Waals surface area contributed by atoms with E-state index in [0.717, 1.165) is 22.3 Å². The van der Waals surface area contributed by atoms with E-state index in [-0.39, 0.29) is 11.0 Å². The van der Waals surface area contributed by atoms with Crippen LogP contribution in [0.15, 0.2) is 22.7 Å². The van der Waals surface area contributed by atoms with Crippen molar-refractivity contribution >= 4 is 55.6 Å². The van der Waals surface area contributed by atoms with Crippen LogP contribution in [-0.2, 0) is 6.42 Å². The Morgan fingerprint density at radius 2 is 2.15 bits per heavy atom.